The van der Waals surface area contributed by atoms with Gasteiger partial charge in [0.1, 0.15) is 46.0 Å². The van der Waals surface area contributed by atoms with E-state index in [1.54, 1.807) is 0 Å². The highest BCUT2D eigenvalue weighted by Gasteiger charge is 2.55. The zero-order chi connectivity index (χ0) is 92.2. The summed E-state index contributed by atoms with van der Waals surface area (Å²) in [4.78, 5) is 0. The topological polar surface area (TPSA) is 111 Å². The van der Waals surface area contributed by atoms with Gasteiger partial charge in [0.05, 0.1) is 0 Å². The molecule has 0 atom stereocenters. The molecule has 0 saturated heterocycles. The van der Waals surface area contributed by atoms with Crippen LogP contribution in [0, 0.1) is 0 Å². The molecule has 16 heterocycles. The molecule has 0 unspecified atom stereocenters. The van der Waals surface area contributed by atoms with Crippen molar-refractivity contribution in [1.82, 2.24) is 0 Å². The summed E-state index contributed by atoms with van der Waals surface area (Å²) in [6.45, 7) is 29.2. The summed E-state index contributed by atoms with van der Waals surface area (Å²) >= 11 is 16.9. The molecule has 0 spiro atoms. The van der Waals surface area contributed by atoms with Crippen molar-refractivity contribution in [1.29, 1.82) is 0 Å². The van der Waals surface area contributed by atoms with Gasteiger partial charge in [-0.05, 0) is 137 Å². The quantitative estimate of drug-likeness (QED) is 0.0227. The Morgan fingerprint density at radius 3 is 0.485 bits per heavy atom. The Bertz CT molecular complexity index is 4950. The lowest BCUT2D eigenvalue weighted by atomic mass is 9.74. The highest BCUT2D eigenvalue weighted by Crippen LogP contribution is 2.60. The lowest BCUT2D eigenvalue weighted by Crippen LogP contribution is -2.66. The predicted molar refractivity (Wildman–Crippen MR) is 559 cm³/mol. The molecule has 16 aliphatic rings. The number of ether oxygens (including phenoxy) is 8. The van der Waals surface area contributed by atoms with E-state index in [9.17, 15) is 0 Å². The summed E-state index contributed by atoms with van der Waals surface area (Å²) in [7, 11) is -12.4. The van der Waals surface area contributed by atoms with Crippen LogP contribution in [0.4, 0.5) is 0 Å². The van der Waals surface area contributed by atoms with Gasteiger partial charge in [0, 0.05) is 138 Å². The van der Waals surface area contributed by atoms with E-state index in [0.29, 0.717) is 145 Å². The maximum Gasteiger partial charge on any atom is 0.261 e. The maximum absolute atomic E-state index is 8.00. The molecule has 0 saturated carbocycles. The number of alkyl halides is 4. The largest absolute Gasteiger partial charge is 0.457 e. The van der Waals surface area contributed by atoms with Gasteiger partial charge in [-0.15, -0.1) is 0 Å². The van der Waals surface area contributed by atoms with Crippen molar-refractivity contribution < 1.29 is 55.6 Å². The first-order valence-electron chi connectivity index (χ1n) is 46.9. The van der Waals surface area contributed by atoms with Crippen LogP contribution in [0.15, 0.2) is 267 Å². The molecule has 132 heavy (non-hydrogen) atoms. The minimum absolute atomic E-state index is 0.195. The molecule has 0 radical (unpaired) electrons. The number of halogens is 4. The van der Waals surface area contributed by atoms with Gasteiger partial charge in [-0.1, -0.05) is 389 Å². The van der Waals surface area contributed by atoms with Crippen LogP contribution in [-0.2, 0) is 39.0 Å². The second-order valence-electron chi connectivity index (χ2n) is 39.8. The van der Waals surface area contributed by atoms with E-state index in [-0.39, 0.29) is 47.3 Å². The molecule has 0 amide bonds. The lowest BCUT2D eigenvalue weighted by molar-refractivity contribution is 0.0952. The standard InChI is InChI=1S/C112H124Br4O12Si4/c1-109(2,3)129(77-41-21-13-22-42-77,78-43-23-14-24-44-78)125-61-37-57-85-89-65-91-86(58-38-62-126-130(110(4,5)6,79-45-25-15-26-46-79)80-47-27-16-28-48-80)93-67-95-88(60-40-64-128-132(112(10,11)12,83-53-33-19-34-54-83)84-55-35-20-36-56-84)96-68-94-87(59-39-63-127-131(111(7,8)9,81-49-29-17-30-50-81)82-51-31-18-32-52-82)92-66-90(85)102-98(70-114)104(92)122-75-121-103(91)97(69-113)101(89)117-73-119-107(95)99(71-115)105(93)123-76-124-106(94)100(72-116)108(96)120-74-118-102/h13-36,41-56,65-68,85-88H,37-40,57-64,69-76H2,1-12H3. The molecule has 20 heteroatoms. The fourth-order valence-corrected chi connectivity index (χ4v) is 43.0. The minimum atomic E-state index is -3.10. The molecule has 28 rings (SSSR count). The lowest BCUT2D eigenvalue weighted by Gasteiger charge is -2.43. The third-order valence-electron chi connectivity index (χ3n) is 28.2. The van der Waals surface area contributed by atoms with Crippen LogP contribution in [0.2, 0.25) is 20.2 Å². The van der Waals surface area contributed by atoms with Crippen molar-refractivity contribution >= 4 is 138 Å². The average Bonchev–Trinajstić information content (AvgIpc) is 0.711. The fourth-order valence-electron chi connectivity index (χ4n) is 22.5. The molecule has 16 bridgehead atoms. The smallest absolute Gasteiger partial charge is 0.261 e. The van der Waals surface area contributed by atoms with Crippen molar-refractivity contribution in [2.45, 2.75) is 200 Å². The van der Waals surface area contributed by atoms with E-state index < -0.39 is 56.9 Å². The number of hydrogen-bond donors (Lipinski definition) is 0. The Morgan fingerprint density at radius 2 is 0.364 bits per heavy atom. The second kappa shape index (κ2) is 40.5. The first-order valence-corrected chi connectivity index (χ1v) is 59.1. The molecule has 12 nitrogen and oxygen atoms in total. The van der Waals surface area contributed by atoms with Crippen molar-refractivity contribution in [2.75, 3.05) is 53.6 Å². The molecule has 16 aliphatic heterocycles. The fraction of sp³-hybridized carbons (Fsp3) is 0.357. The van der Waals surface area contributed by atoms with Crippen molar-refractivity contribution in [2.24, 2.45) is 0 Å². The average molecular weight is 2090 g/mol. The molecule has 0 aromatic heterocycles. The molecule has 0 fully saturated rings. The van der Waals surface area contributed by atoms with Crippen LogP contribution in [-0.4, -0.2) is 86.9 Å². The van der Waals surface area contributed by atoms with Crippen LogP contribution in [0.25, 0.3) is 0 Å². The Kier molecular flexibility index (Phi) is 29.3. The molecule has 12 aromatic carbocycles. The number of rotatable bonds is 32. The van der Waals surface area contributed by atoms with Gasteiger partial charge in [0.2, 0.25) is 27.2 Å². The van der Waals surface area contributed by atoms with E-state index >= 15 is 0 Å². The van der Waals surface area contributed by atoms with Gasteiger partial charge in [-0.3, -0.25) is 0 Å². The predicted octanol–water partition coefficient (Wildman–Crippen LogP) is 24.4. The monoisotopic (exact) mass is 2090 g/mol. The van der Waals surface area contributed by atoms with Gasteiger partial charge >= 0.3 is 0 Å². The van der Waals surface area contributed by atoms with Gasteiger partial charge in [0.25, 0.3) is 33.3 Å². The van der Waals surface area contributed by atoms with Crippen LogP contribution in [0.5, 0.6) is 46.0 Å². The Labute approximate surface area is 819 Å². The highest BCUT2D eigenvalue weighted by molar-refractivity contribution is 9.09. The maximum atomic E-state index is 8.00. The van der Waals surface area contributed by atoms with Crippen molar-refractivity contribution in [3.05, 3.63) is 334 Å². The zero-order valence-corrected chi connectivity index (χ0v) is 88.6. The van der Waals surface area contributed by atoms with Crippen LogP contribution >= 0.6 is 63.7 Å². The number of benzene rings is 12. The summed E-state index contributed by atoms with van der Waals surface area (Å²) in [6, 6.07) is 97.6. The Balaban J connectivity index is 0.935. The van der Waals surface area contributed by atoms with Gasteiger partial charge in [-0.2, -0.15) is 0 Å². The minimum Gasteiger partial charge on any atom is -0.457 e. The van der Waals surface area contributed by atoms with E-state index in [4.69, 9.17) is 55.6 Å². The molecular formula is C112H124Br4O12Si4. The highest BCUT2D eigenvalue weighted by atomic mass is 79.9. The van der Waals surface area contributed by atoms with Gasteiger partial charge in [0.15, 0.2) is 0 Å². The summed E-state index contributed by atoms with van der Waals surface area (Å²) in [6.07, 6.45) is 4.79. The zero-order valence-electron chi connectivity index (χ0n) is 78.3. The van der Waals surface area contributed by atoms with E-state index in [1.165, 1.54) is 41.5 Å². The molecule has 12 aromatic rings. The van der Waals surface area contributed by atoms with Crippen LogP contribution in [0.3, 0.4) is 0 Å². The number of hydrogen-bond acceptors (Lipinski definition) is 12. The van der Waals surface area contributed by atoms with Crippen molar-refractivity contribution in [3.8, 4) is 46.0 Å². The summed E-state index contributed by atoms with van der Waals surface area (Å²) in [5.74, 6) is 3.29. The van der Waals surface area contributed by atoms with Crippen LogP contribution < -0.4 is 79.4 Å². The Morgan fingerprint density at radius 1 is 0.227 bits per heavy atom. The second-order valence-corrected chi connectivity index (χ2v) is 59.2. The van der Waals surface area contributed by atoms with E-state index in [0.717, 1.165) is 66.8 Å². The van der Waals surface area contributed by atoms with Gasteiger partial charge < -0.3 is 55.6 Å². The molecular weight excluding hydrogens is 1970 g/mol. The molecule has 0 aliphatic carbocycles. The summed E-state index contributed by atoms with van der Waals surface area (Å²) < 4.78 is 94.4. The van der Waals surface area contributed by atoms with Crippen molar-refractivity contribution in [3.63, 3.8) is 0 Å². The SMILES string of the molecule is CC(C)(C)[Si](OCCCC1c2cc3c4c(CBr)c2OCOc2c5cc(c(c2CBr)OCOc2c6cc(c(c2CBr)OCOc2c1cc(c(c2CBr)OCO4)C6CCCO[Si](c1ccccc1)(c1ccccc1)C(C)(C)C)C5CCCO[Si](c1ccccc1)(c1ccccc1)C(C)(C)C)C3CCCO[Si](c1ccccc1)(c1ccccc1)C(C)(C)C)(c1ccccc1)c1ccccc1. The molecule has 0 N–H and O–H groups in total. The third kappa shape index (κ3) is 17.8. The van der Waals surface area contributed by atoms with Gasteiger partial charge in [-0.25, -0.2) is 0 Å². The first kappa shape index (κ1) is 95.4. The summed E-state index contributed by atoms with van der Waals surface area (Å²) in [5, 5.41) is 9.97. The van der Waals surface area contributed by atoms with E-state index in [2.05, 4.69) is 414 Å². The Hall–Kier alpha value is -8.33. The van der Waals surface area contributed by atoms with Crippen LogP contribution in [0.1, 0.15) is 225 Å². The first-order chi connectivity index (χ1) is 63.9. The normalized spacial score (nSPS) is 16.5. The summed E-state index contributed by atoms with van der Waals surface area (Å²) in [5.41, 5.74) is 10.9. The molecule has 688 valence electrons. The third-order valence-corrected chi connectivity index (χ3v) is 50.6. The van der Waals surface area contributed by atoms with E-state index in [1.807, 2.05) is 0 Å².